The van der Waals surface area contributed by atoms with Gasteiger partial charge in [-0.2, -0.15) is 0 Å². The van der Waals surface area contributed by atoms with E-state index in [1.165, 1.54) is 0 Å². The van der Waals surface area contributed by atoms with E-state index >= 15 is 0 Å². The van der Waals surface area contributed by atoms with Crippen molar-refractivity contribution in [1.29, 1.82) is 0 Å². The fraction of sp³-hybridized carbons (Fsp3) is 0.524. The highest BCUT2D eigenvalue weighted by Gasteiger charge is 2.33. The van der Waals surface area contributed by atoms with Crippen LogP contribution < -0.4 is 15.0 Å². The van der Waals surface area contributed by atoms with Crippen molar-refractivity contribution < 1.29 is 14.3 Å². The molecule has 2 aliphatic heterocycles. The molecule has 0 unspecified atom stereocenters. The number of amides is 1. The summed E-state index contributed by atoms with van der Waals surface area (Å²) in [6.07, 6.45) is 4.71. The van der Waals surface area contributed by atoms with E-state index in [2.05, 4.69) is 25.2 Å². The minimum Gasteiger partial charge on any atom is -0.485 e. The number of hydrogen-bond donors (Lipinski definition) is 1. The second-order valence-corrected chi connectivity index (χ2v) is 7.83. The molecule has 0 aliphatic carbocycles. The fourth-order valence-corrected chi connectivity index (χ4v) is 3.88. The summed E-state index contributed by atoms with van der Waals surface area (Å²) in [5.41, 5.74) is 1.77. The van der Waals surface area contributed by atoms with Crippen LogP contribution in [0, 0.1) is 6.92 Å². The van der Waals surface area contributed by atoms with Crippen molar-refractivity contribution >= 4 is 23.4 Å². The average molecular weight is 412 g/mol. The van der Waals surface area contributed by atoms with Crippen LogP contribution in [0.1, 0.15) is 32.4 Å². The molecular formula is C21H28N6O3. The number of pyridine rings is 1. The molecule has 1 saturated heterocycles. The first-order chi connectivity index (χ1) is 14.5. The number of carbonyl (C=O) groups excluding carboxylic acids is 1. The number of ether oxygens (including phenoxy) is 2. The average Bonchev–Trinajstić information content (AvgIpc) is 2.75. The van der Waals surface area contributed by atoms with Crippen molar-refractivity contribution in [3.05, 3.63) is 30.4 Å². The van der Waals surface area contributed by atoms with Gasteiger partial charge in [0, 0.05) is 25.3 Å². The molecule has 2 aromatic rings. The summed E-state index contributed by atoms with van der Waals surface area (Å²) in [5, 5.41) is 3.33. The van der Waals surface area contributed by atoms with Crippen LogP contribution >= 0.6 is 0 Å². The van der Waals surface area contributed by atoms with E-state index in [0.717, 1.165) is 36.6 Å². The molecule has 2 aromatic heterocycles. The molecule has 9 heteroatoms. The van der Waals surface area contributed by atoms with Gasteiger partial charge in [-0.3, -0.25) is 4.98 Å². The van der Waals surface area contributed by atoms with Crippen molar-refractivity contribution in [1.82, 2.24) is 19.9 Å². The normalized spacial score (nSPS) is 16.8. The topological polar surface area (TPSA) is 92.7 Å². The highest BCUT2D eigenvalue weighted by Crippen LogP contribution is 2.38. The van der Waals surface area contributed by atoms with Crippen LogP contribution in [0.5, 0.6) is 5.75 Å². The number of aryl methyl sites for hydroxylation is 1. The summed E-state index contributed by atoms with van der Waals surface area (Å²) in [4.78, 5) is 29.5. The summed E-state index contributed by atoms with van der Waals surface area (Å²) in [7, 11) is 0. The van der Waals surface area contributed by atoms with Crippen molar-refractivity contribution in [2.75, 3.05) is 36.5 Å². The van der Waals surface area contributed by atoms with Crippen LogP contribution in [0.4, 0.5) is 22.1 Å². The second kappa shape index (κ2) is 8.73. The minimum atomic E-state index is -0.230. The number of rotatable bonds is 4. The maximum atomic E-state index is 12.2. The predicted molar refractivity (Wildman–Crippen MR) is 113 cm³/mol. The van der Waals surface area contributed by atoms with E-state index in [1.807, 2.05) is 32.9 Å². The lowest BCUT2D eigenvalue weighted by atomic mass is 10.0. The molecule has 1 N–H and O–H groups in total. The molecule has 4 heterocycles. The molecule has 160 valence electrons. The number of anilines is 3. The van der Waals surface area contributed by atoms with Gasteiger partial charge in [0.25, 0.3) is 0 Å². The van der Waals surface area contributed by atoms with Crippen LogP contribution in [0.15, 0.2) is 24.7 Å². The van der Waals surface area contributed by atoms with Gasteiger partial charge in [0.2, 0.25) is 5.75 Å². The molecular weight excluding hydrogens is 384 g/mol. The Balaban J connectivity index is 1.48. The molecule has 0 radical (unpaired) electrons. The number of hydrogen-bond acceptors (Lipinski definition) is 8. The Hall–Kier alpha value is -3.10. The number of aromatic nitrogens is 3. The number of piperidine rings is 1. The van der Waals surface area contributed by atoms with Gasteiger partial charge in [-0.1, -0.05) is 0 Å². The standard InChI is InChI=1S/C21H28N6O3/c1-14(2)30-21(28)26-9-6-16(7-10-26)27-11-12-29-18-19(23-13-24-20(18)27)25-17-5-4-8-22-15(17)3/h4-5,8,13-14,16H,6-7,9-12H2,1-3H3,(H,23,24,25). The minimum absolute atomic E-state index is 0.104. The zero-order chi connectivity index (χ0) is 21.1. The third kappa shape index (κ3) is 4.24. The highest BCUT2D eigenvalue weighted by molar-refractivity contribution is 5.72. The number of nitrogens with zero attached hydrogens (tertiary/aromatic N) is 5. The van der Waals surface area contributed by atoms with Crippen LogP contribution in [-0.2, 0) is 4.74 Å². The molecule has 0 bridgehead atoms. The van der Waals surface area contributed by atoms with E-state index in [9.17, 15) is 4.79 Å². The maximum absolute atomic E-state index is 12.2. The van der Waals surface area contributed by atoms with Gasteiger partial charge in [-0.25, -0.2) is 14.8 Å². The molecule has 0 aromatic carbocycles. The maximum Gasteiger partial charge on any atom is 0.410 e. The predicted octanol–water partition coefficient (Wildman–Crippen LogP) is 3.13. The Morgan fingerprint density at radius 3 is 2.77 bits per heavy atom. The summed E-state index contributed by atoms with van der Waals surface area (Å²) >= 11 is 0. The SMILES string of the molecule is Cc1ncccc1Nc1ncnc2c1OCCN2C1CCN(C(=O)OC(C)C)CC1. The molecule has 1 fully saturated rings. The fourth-order valence-electron chi connectivity index (χ4n) is 3.88. The van der Waals surface area contributed by atoms with Gasteiger partial charge in [0.05, 0.1) is 24.0 Å². The smallest absolute Gasteiger partial charge is 0.410 e. The van der Waals surface area contributed by atoms with Crippen LogP contribution in [0.3, 0.4) is 0 Å². The number of fused-ring (bicyclic) bond motifs is 1. The Morgan fingerprint density at radius 1 is 1.23 bits per heavy atom. The van der Waals surface area contributed by atoms with Gasteiger partial charge in [0.15, 0.2) is 11.6 Å². The van der Waals surface area contributed by atoms with Crippen molar-refractivity contribution in [2.45, 2.75) is 45.8 Å². The highest BCUT2D eigenvalue weighted by atomic mass is 16.6. The molecule has 0 atom stereocenters. The summed E-state index contributed by atoms with van der Waals surface area (Å²) in [6.45, 7) is 8.36. The lowest BCUT2D eigenvalue weighted by molar-refractivity contribution is 0.0687. The van der Waals surface area contributed by atoms with E-state index in [1.54, 1.807) is 17.4 Å². The van der Waals surface area contributed by atoms with Crippen molar-refractivity contribution in [3.8, 4) is 5.75 Å². The second-order valence-electron chi connectivity index (χ2n) is 7.83. The van der Waals surface area contributed by atoms with Gasteiger partial charge >= 0.3 is 6.09 Å². The number of carbonyl (C=O) groups is 1. The number of likely N-dealkylation sites (tertiary alicyclic amines) is 1. The molecule has 0 saturated carbocycles. The zero-order valence-corrected chi connectivity index (χ0v) is 17.7. The monoisotopic (exact) mass is 412 g/mol. The summed E-state index contributed by atoms with van der Waals surface area (Å²) < 4.78 is 11.3. The third-order valence-electron chi connectivity index (χ3n) is 5.40. The molecule has 9 nitrogen and oxygen atoms in total. The van der Waals surface area contributed by atoms with Crippen molar-refractivity contribution in [2.24, 2.45) is 0 Å². The zero-order valence-electron chi connectivity index (χ0n) is 17.7. The van der Waals surface area contributed by atoms with Crippen LogP contribution in [0.25, 0.3) is 0 Å². The first kappa shape index (κ1) is 20.2. The van der Waals surface area contributed by atoms with Crippen molar-refractivity contribution in [3.63, 3.8) is 0 Å². The molecule has 1 amide bonds. The lowest BCUT2D eigenvalue weighted by Gasteiger charge is -2.41. The van der Waals surface area contributed by atoms with E-state index in [4.69, 9.17) is 9.47 Å². The largest absolute Gasteiger partial charge is 0.485 e. The summed E-state index contributed by atoms with van der Waals surface area (Å²) in [5.74, 6) is 2.09. The van der Waals surface area contributed by atoms with Crippen LogP contribution in [-0.4, -0.2) is 64.3 Å². The Morgan fingerprint density at radius 2 is 2.03 bits per heavy atom. The Bertz CT molecular complexity index is 898. The van der Waals surface area contributed by atoms with Gasteiger partial charge in [-0.05, 0) is 45.7 Å². The lowest BCUT2D eigenvalue weighted by Crippen LogP contribution is -2.49. The van der Waals surface area contributed by atoms with Gasteiger partial charge < -0.3 is 24.6 Å². The molecule has 4 rings (SSSR count). The number of nitrogens with one attached hydrogen (secondary N) is 1. The van der Waals surface area contributed by atoms with E-state index in [-0.39, 0.29) is 12.2 Å². The first-order valence-electron chi connectivity index (χ1n) is 10.4. The van der Waals surface area contributed by atoms with Gasteiger partial charge in [-0.15, -0.1) is 0 Å². The van der Waals surface area contributed by atoms with Gasteiger partial charge in [0.1, 0.15) is 12.9 Å². The quantitative estimate of drug-likeness (QED) is 0.819. The first-order valence-corrected chi connectivity index (χ1v) is 10.4. The molecule has 30 heavy (non-hydrogen) atoms. The molecule has 2 aliphatic rings. The Labute approximate surface area is 176 Å². The molecule has 0 spiro atoms. The third-order valence-corrected chi connectivity index (χ3v) is 5.40. The Kier molecular flexibility index (Phi) is 5.87. The van der Waals surface area contributed by atoms with Crippen LogP contribution in [0.2, 0.25) is 0 Å². The summed E-state index contributed by atoms with van der Waals surface area (Å²) in [6, 6.07) is 4.14. The van der Waals surface area contributed by atoms with E-state index < -0.39 is 0 Å². The van der Waals surface area contributed by atoms with E-state index in [0.29, 0.717) is 37.3 Å².